The minimum absolute atomic E-state index is 0.293. The van der Waals surface area contributed by atoms with E-state index in [-0.39, 0.29) is 6.03 Å². The Balaban J connectivity index is 1.41. The molecule has 5 heteroatoms. The molecule has 0 aromatic heterocycles. The zero-order chi connectivity index (χ0) is 18.2. The van der Waals surface area contributed by atoms with Crippen LogP contribution in [0.5, 0.6) is 5.75 Å². The fourth-order valence-electron chi connectivity index (χ4n) is 3.28. The summed E-state index contributed by atoms with van der Waals surface area (Å²) in [7, 11) is 0. The number of ether oxygens (including phenoxy) is 1. The minimum atomic E-state index is -0.293. The summed E-state index contributed by atoms with van der Waals surface area (Å²) in [5.41, 5.74) is 1.41. The van der Waals surface area contributed by atoms with Gasteiger partial charge in [0.05, 0.1) is 6.61 Å². The number of carbonyl (C=O) groups is 1. The van der Waals surface area contributed by atoms with Crippen molar-refractivity contribution in [1.82, 2.24) is 0 Å². The molecule has 138 valence electrons. The van der Waals surface area contributed by atoms with Gasteiger partial charge in [0.25, 0.3) is 0 Å². The summed E-state index contributed by atoms with van der Waals surface area (Å²) < 4.78 is 5.83. The Kier molecular flexibility index (Phi) is 6.78. The van der Waals surface area contributed by atoms with Crippen LogP contribution in [0.4, 0.5) is 16.2 Å². The Morgan fingerprint density at radius 2 is 1.50 bits per heavy atom. The van der Waals surface area contributed by atoms with Gasteiger partial charge in [-0.05, 0) is 60.9 Å². The molecule has 0 radical (unpaired) electrons. The average molecular weight is 373 g/mol. The second-order valence-electron chi connectivity index (χ2n) is 6.75. The molecular formula is C21H25ClN2O2. The Bertz CT molecular complexity index is 695. The molecule has 0 spiro atoms. The molecule has 2 aromatic rings. The standard InChI is InChI=1S/C21H25ClN2O2/c22-17-6-8-18(9-7-17)23-21(25)24-19-10-12-20(13-11-19)26-15-14-16-4-2-1-3-5-16/h6-13,16H,1-5,14-15H2,(H2,23,24,25). The van der Waals surface area contributed by atoms with Gasteiger partial charge in [0.15, 0.2) is 0 Å². The highest BCUT2D eigenvalue weighted by atomic mass is 35.5. The zero-order valence-corrected chi connectivity index (χ0v) is 15.6. The first-order chi connectivity index (χ1) is 12.7. The summed E-state index contributed by atoms with van der Waals surface area (Å²) in [6, 6.07) is 14.1. The molecule has 0 bridgehead atoms. The number of anilines is 2. The number of rotatable bonds is 6. The first-order valence-corrected chi connectivity index (χ1v) is 9.63. The van der Waals surface area contributed by atoms with E-state index in [0.29, 0.717) is 10.7 Å². The van der Waals surface area contributed by atoms with Gasteiger partial charge in [0.2, 0.25) is 0 Å². The molecule has 3 rings (SSSR count). The van der Waals surface area contributed by atoms with Crippen molar-refractivity contribution in [1.29, 1.82) is 0 Å². The van der Waals surface area contributed by atoms with Gasteiger partial charge >= 0.3 is 6.03 Å². The maximum absolute atomic E-state index is 12.0. The van der Waals surface area contributed by atoms with Crippen LogP contribution < -0.4 is 15.4 Å². The van der Waals surface area contributed by atoms with E-state index < -0.39 is 0 Å². The Morgan fingerprint density at radius 3 is 2.12 bits per heavy atom. The van der Waals surface area contributed by atoms with Crippen LogP contribution in [0.3, 0.4) is 0 Å². The molecule has 4 nitrogen and oxygen atoms in total. The Labute approximate surface area is 159 Å². The first kappa shape index (κ1) is 18.6. The zero-order valence-electron chi connectivity index (χ0n) is 14.8. The molecule has 2 aromatic carbocycles. The van der Waals surface area contributed by atoms with E-state index in [0.717, 1.165) is 30.4 Å². The third kappa shape index (κ3) is 5.95. The maximum atomic E-state index is 12.0. The monoisotopic (exact) mass is 372 g/mol. The second-order valence-corrected chi connectivity index (χ2v) is 7.19. The van der Waals surface area contributed by atoms with E-state index in [9.17, 15) is 4.79 Å². The molecule has 0 unspecified atom stereocenters. The first-order valence-electron chi connectivity index (χ1n) is 9.25. The van der Waals surface area contributed by atoms with Crippen molar-refractivity contribution in [2.75, 3.05) is 17.2 Å². The van der Waals surface area contributed by atoms with Crippen molar-refractivity contribution in [2.24, 2.45) is 5.92 Å². The predicted octanol–water partition coefficient (Wildman–Crippen LogP) is 6.33. The Hall–Kier alpha value is -2.20. The molecule has 0 saturated heterocycles. The number of hydrogen-bond acceptors (Lipinski definition) is 2. The molecule has 2 N–H and O–H groups in total. The maximum Gasteiger partial charge on any atom is 0.323 e. The van der Waals surface area contributed by atoms with Gasteiger partial charge in [-0.15, -0.1) is 0 Å². The van der Waals surface area contributed by atoms with Gasteiger partial charge in [0, 0.05) is 16.4 Å². The summed E-state index contributed by atoms with van der Waals surface area (Å²) >= 11 is 5.83. The molecule has 2 amide bonds. The van der Waals surface area contributed by atoms with Crippen molar-refractivity contribution in [3.63, 3.8) is 0 Å². The Morgan fingerprint density at radius 1 is 0.923 bits per heavy atom. The number of nitrogens with one attached hydrogen (secondary N) is 2. The summed E-state index contributed by atoms with van der Waals surface area (Å²) in [6.45, 7) is 0.758. The van der Waals surface area contributed by atoms with Gasteiger partial charge in [-0.2, -0.15) is 0 Å². The van der Waals surface area contributed by atoms with Gasteiger partial charge in [-0.3, -0.25) is 0 Å². The number of benzene rings is 2. The van der Waals surface area contributed by atoms with Gasteiger partial charge in [-0.25, -0.2) is 4.79 Å². The molecule has 0 aliphatic heterocycles. The predicted molar refractivity (Wildman–Crippen MR) is 107 cm³/mol. The van der Waals surface area contributed by atoms with E-state index in [1.165, 1.54) is 32.1 Å². The summed E-state index contributed by atoms with van der Waals surface area (Å²) in [5.74, 6) is 1.66. The molecule has 1 aliphatic carbocycles. The third-order valence-corrected chi connectivity index (χ3v) is 4.99. The SMILES string of the molecule is O=C(Nc1ccc(Cl)cc1)Nc1ccc(OCCC2CCCCC2)cc1. The third-order valence-electron chi connectivity index (χ3n) is 4.73. The van der Waals surface area contributed by atoms with Crippen molar-refractivity contribution < 1.29 is 9.53 Å². The van der Waals surface area contributed by atoms with Crippen molar-refractivity contribution in [3.8, 4) is 5.75 Å². The molecule has 1 fully saturated rings. The highest BCUT2D eigenvalue weighted by molar-refractivity contribution is 6.30. The fraction of sp³-hybridized carbons (Fsp3) is 0.381. The number of halogens is 1. The topological polar surface area (TPSA) is 50.4 Å². The van der Waals surface area contributed by atoms with E-state index >= 15 is 0 Å². The van der Waals surface area contributed by atoms with Gasteiger partial charge in [0.1, 0.15) is 5.75 Å². The minimum Gasteiger partial charge on any atom is -0.494 e. The molecular weight excluding hydrogens is 348 g/mol. The van der Waals surface area contributed by atoms with E-state index in [4.69, 9.17) is 16.3 Å². The fourth-order valence-corrected chi connectivity index (χ4v) is 3.41. The van der Waals surface area contributed by atoms with Crippen molar-refractivity contribution >= 4 is 29.0 Å². The molecule has 26 heavy (non-hydrogen) atoms. The van der Waals surface area contributed by atoms with Gasteiger partial charge < -0.3 is 15.4 Å². The lowest BCUT2D eigenvalue weighted by atomic mass is 9.87. The van der Waals surface area contributed by atoms with Crippen LogP contribution in [0.2, 0.25) is 5.02 Å². The van der Waals surface area contributed by atoms with Crippen LogP contribution in [-0.4, -0.2) is 12.6 Å². The van der Waals surface area contributed by atoms with Crippen LogP contribution in [-0.2, 0) is 0 Å². The summed E-state index contributed by atoms with van der Waals surface area (Å²) in [4.78, 5) is 12.0. The largest absolute Gasteiger partial charge is 0.494 e. The number of hydrogen-bond donors (Lipinski definition) is 2. The second kappa shape index (κ2) is 9.48. The van der Waals surface area contributed by atoms with E-state index in [1.54, 1.807) is 24.3 Å². The quantitative estimate of drug-likeness (QED) is 0.622. The number of carbonyl (C=O) groups excluding carboxylic acids is 1. The number of amides is 2. The van der Waals surface area contributed by atoms with Gasteiger partial charge in [-0.1, -0.05) is 43.7 Å². The molecule has 0 heterocycles. The average Bonchev–Trinajstić information content (AvgIpc) is 2.66. The lowest BCUT2D eigenvalue weighted by molar-refractivity contribution is 0.246. The summed E-state index contributed by atoms with van der Waals surface area (Å²) in [6.07, 6.45) is 7.93. The normalized spacial score (nSPS) is 14.7. The smallest absolute Gasteiger partial charge is 0.323 e. The van der Waals surface area contributed by atoms with Crippen LogP contribution in [0.1, 0.15) is 38.5 Å². The molecule has 0 atom stereocenters. The van der Waals surface area contributed by atoms with Crippen molar-refractivity contribution in [2.45, 2.75) is 38.5 Å². The van der Waals surface area contributed by atoms with Crippen molar-refractivity contribution in [3.05, 3.63) is 53.6 Å². The molecule has 1 aliphatic rings. The van der Waals surface area contributed by atoms with E-state index in [2.05, 4.69) is 10.6 Å². The molecule has 1 saturated carbocycles. The lowest BCUT2D eigenvalue weighted by Crippen LogP contribution is -2.19. The summed E-state index contributed by atoms with van der Waals surface area (Å²) in [5, 5.41) is 6.20. The lowest BCUT2D eigenvalue weighted by Gasteiger charge is -2.21. The number of urea groups is 1. The highest BCUT2D eigenvalue weighted by Gasteiger charge is 2.13. The van der Waals surface area contributed by atoms with E-state index in [1.807, 2.05) is 24.3 Å². The van der Waals surface area contributed by atoms with Crippen LogP contribution >= 0.6 is 11.6 Å². The van der Waals surface area contributed by atoms with Crippen LogP contribution in [0, 0.1) is 5.92 Å². The van der Waals surface area contributed by atoms with Crippen LogP contribution in [0.15, 0.2) is 48.5 Å². The van der Waals surface area contributed by atoms with Crippen LogP contribution in [0.25, 0.3) is 0 Å². The highest BCUT2D eigenvalue weighted by Crippen LogP contribution is 2.26.